The summed E-state index contributed by atoms with van der Waals surface area (Å²) < 4.78 is 5.38. The van der Waals surface area contributed by atoms with E-state index in [-0.39, 0.29) is 17.9 Å². The first-order valence-electron chi connectivity index (χ1n) is 8.67. The van der Waals surface area contributed by atoms with Crippen molar-refractivity contribution in [3.63, 3.8) is 0 Å². The lowest BCUT2D eigenvalue weighted by atomic mass is 9.98. The number of methoxy groups -OCH3 is 1. The van der Waals surface area contributed by atoms with Gasteiger partial charge in [0.05, 0.1) is 18.7 Å². The number of carbonyl (C=O) groups is 2. The maximum Gasteiger partial charge on any atom is 0.321 e. The van der Waals surface area contributed by atoms with Gasteiger partial charge < -0.3 is 20.7 Å². The van der Waals surface area contributed by atoms with Gasteiger partial charge in [0.2, 0.25) is 5.91 Å². The Balaban J connectivity index is 1.79. The number of ether oxygens (including phenoxy) is 1. The second kappa shape index (κ2) is 7.91. The van der Waals surface area contributed by atoms with E-state index in [4.69, 9.17) is 10.5 Å². The topological polar surface area (TPSA) is 84.7 Å². The lowest BCUT2D eigenvalue weighted by molar-refractivity contribution is -0.123. The average Bonchev–Trinajstić information content (AvgIpc) is 2.68. The minimum Gasteiger partial charge on any atom is -0.495 e. The Morgan fingerprint density at radius 3 is 2.62 bits per heavy atom. The number of anilines is 1. The van der Waals surface area contributed by atoms with Gasteiger partial charge in [0.1, 0.15) is 5.75 Å². The molecular weight excluding hydrogens is 330 g/mol. The van der Waals surface area contributed by atoms with E-state index in [1.165, 1.54) is 0 Å². The maximum atomic E-state index is 12.7. The molecule has 0 spiro atoms. The summed E-state index contributed by atoms with van der Waals surface area (Å²) in [5.41, 5.74) is 8.03. The molecule has 0 aliphatic carbocycles. The Morgan fingerprint density at radius 1 is 1.15 bits per heavy atom. The van der Waals surface area contributed by atoms with Gasteiger partial charge in [-0.25, -0.2) is 4.79 Å². The van der Waals surface area contributed by atoms with Crippen molar-refractivity contribution in [2.24, 2.45) is 11.7 Å². The first kappa shape index (κ1) is 17.8. The van der Waals surface area contributed by atoms with Crippen LogP contribution >= 0.6 is 0 Å². The number of urea groups is 1. The fourth-order valence-electron chi connectivity index (χ4n) is 3.20. The monoisotopic (exact) mass is 353 g/mol. The fraction of sp³-hybridized carbons (Fsp3) is 0.300. The molecule has 1 aliphatic heterocycles. The molecule has 1 aliphatic rings. The summed E-state index contributed by atoms with van der Waals surface area (Å²) in [6.07, 6.45) is 1.49. The minimum absolute atomic E-state index is 0.250. The van der Waals surface area contributed by atoms with Gasteiger partial charge in [0.25, 0.3) is 0 Å². The van der Waals surface area contributed by atoms with E-state index in [9.17, 15) is 9.59 Å². The highest BCUT2D eigenvalue weighted by Crippen LogP contribution is 2.31. The number of carbonyl (C=O) groups excluding carboxylic acids is 2. The summed E-state index contributed by atoms with van der Waals surface area (Å²) in [4.78, 5) is 25.7. The van der Waals surface area contributed by atoms with Gasteiger partial charge in [-0.2, -0.15) is 0 Å². The lowest BCUT2D eigenvalue weighted by Crippen LogP contribution is -2.45. The SMILES string of the molecule is COc1ccc(-c2ccccc2)cc1NC(=O)N1CCC[C@H](C(N)=O)C1. The molecule has 3 N–H and O–H groups in total. The Bertz CT molecular complexity index is 792. The van der Waals surface area contributed by atoms with Gasteiger partial charge in [-0.05, 0) is 36.1 Å². The molecule has 3 rings (SSSR count). The van der Waals surface area contributed by atoms with E-state index in [2.05, 4.69) is 5.32 Å². The average molecular weight is 353 g/mol. The predicted octanol–water partition coefficient (Wildman–Crippen LogP) is 3.09. The summed E-state index contributed by atoms with van der Waals surface area (Å²) >= 11 is 0. The highest BCUT2D eigenvalue weighted by molar-refractivity contribution is 5.92. The largest absolute Gasteiger partial charge is 0.495 e. The van der Waals surface area contributed by atoms with Crippen molar-refractivity contribution in [1.29, 1.82) is 0 Å². The molecule has 2 aromatic rings. The van der Waals surface area contributed by atoms with Crippen LogP contribution in [0.25, 0.3) is 11.1 Å². The zero-order valence-electron chi connectivity index (χ0n) is 14.8. The van der Waals surface area contributed by atoms with Gasteiger partial charge >= 0.3 is 6.03 Å². The first-order valence-corrected chi connectivity index (χ1v) is 8.67. The first-order chi connectivity index (χ1) is 12.6. The number of likely N-dealkylation sites (tertiary alicyclic amines) is 1. The molecule has 1 fully saturated rings. The van der Waals surface area contributed by atoms with E-state index in [1.54, 1.807) is 12.0 Å². The molecule has 6 nitrogen and oxygen atoms in total. The number of primary amides is 1. The number of rotatable bonds is 4. The summed E-state index contributed by atoms with van der Waals surface area (Å²) in [7, 11) is 1.57. The number of benzene rings is 2. The standard InChI is InChI=1S/C20H23N3O3/c1-26-18-10-9-15(14-6-3-2-4-7-14)12-17(18)22-20(25)23-11-5-8-16(13-23)19(21)24/h2-4,6-7,9-10,12,16H,5,8,11,13H2,1H3,(H2,21,24)(H,22,25)/t16-/m0/s1. The van der Waals surface area contributed by atoms with E-state index in [0.717, 1.165) is 24.0 Å². The van der Waals surface area contributed by atoms with Gasteiger partial charge in [-0.15, -0.1) is 0 Å². The second-order valence-corrected chi connectivity index (χ2v) is 6.40. The van der Waals surface area contributed by atoms with Crippen LogP contribution in [-0.2, 0) is 4.79 Å². The van der Waals surface area contributed by atoms with Crippen molar-refractivity contribution in [2.75, 3.05) is 25.5 Å². The number of nitrogens with zero attached hydrogens (tertiary/aromatic N) is 1. The molecule has 0 aromatic heterocycles. The fourth-order valence-corrected chi connectivity index (χ4v) is 3.20. The van der Waals surface area contributed by atoms with Crippen LogP contribution in [0.5, 0.6) is 5.75 Å². The molecule has 1 atom stereocenters. The van der Waals surface area contributed by atoms with Gasteiger partial charge in [0.15, 0.2) is 0 Å². The quantitative estimate of drug-likeness (QED) is 0.886. The van der Waals surface area contributed by atoms with Crippen molar-refractivity contribution >= 4 is 17.6 Å². The Hall–Kier alpha value is -3.02. The number of hydrogen-bond acceptors (Lipinski definition) is 3. The zero-order valence-corrected chi connectivity index (χ0v) is 14.8. The molecule has 136 valence electrons. The zero-order chi connectivity index (χ0) is 18.5. The molecule has 1 saturated heterocycles. The third-order valence-corrected chi connectivity index (χ3v) is 4.66. The molecule has 0 radical (unpaired) electrons. The summed E-state index contributed by atoms with van der Waals surface area (Å²) in [5, 5.41) is 2.91. The highest BCUT2D eigenvalue weighted by atomic mass is 16.5. The molecule has 0 bridgehead atoms. The van der Waals surface area contributed by atoms with Crippen LogP contribution in [0.15, 0.2) is 48.5 Å². The Kier molecular flexibility index (Phi) is 5.41. The maximum absolute atomic E-state index is 12.7. The lowest BCUT2D eigenvalue weighted by Gasteiger charge is -2.31. The van der Waals surface area contributed by atoms with E-state index < -0.39 is 0 Å². The number of piperidine rings is 1. The van der Waals surface area contributed by atoms with Gasteiger partial charge in [-0.3, -0.25) is 4.79 Å². The molecular formula is C20H23N3O3. The normalized spacial score (nSPS) is 16.8. The van der Waals surface area contributed by atoms with Crippen molar-refractivity contribution in [3.05, 3.63) is 48.5 Å². The molecule has 0 saturated carbocycles. The predicted molar refractivity (Wildman–Crippen MR) is 101 cm³/mol. The van der Waals surface area contributed by atoms with Crippen LogP contribution in [0.1, 0.15) is 12.8 Å². The molecule has 6 heteroatoms. The van der Waals surface area contributed by atoms with Crippen LogP contribution in [-0.4, -0.2) is 37.0 Å². The van der Waals surface area contributed by atoms with Crippen LogP contribution in [0.4, 0.5) is 10.5 Å². The number of amides is 3. The van der Waals surface area contributed by atoms with Crippen molar-refractivity contribution in [1.82, 2.24) is 4.90 Å². The smallest absolute Gasteiger partial charge is 0.321 e. The van der Waals surface area contributed by atoms with E-state index in [0.29, 0.717) is 24.5 Å². The number of hydrogen-bond donors (Lipinski definition) is 2. The van der Waals surface area contributed by atoms with E-state index >= 15 is 0 Å². The molecule has 3 amide bonds. The number of nitrogens with one attached hydrogen (secondary N) is 1. The van der Waals surface area contributed by atoms with Crippen molar-refractivity contribution in [3.8, 4) is 16.9 Å². The molecule has 2 aromatic carbocycles. The molecule has 1 heterocycles. The van der Waals surface area contributed by atoms with Crippen LogP contribution < -0.4 is 15.8 Å². The summed E-state index contributed by atoms with van der Waals surface area (Å²) in [6, 6.07) is 15.3. The summed E-state index contributed by atoms with van der Waals surface area (Å²) in [5.74, 6) is -0.0558. The van der Waals surface area contributed by atoms with Crippen LogP contribution in [0.2, 0.25) is 0 Å². The second-order valence-electron chi connectivity index (χ2n) is 6.40. The third-order valence-electron chi connectivity index (χ3n) is 4.66. The van der Waals surface area contributed by atoms with Crippen molar-refractivity contribution in [2.45, 2.75) is 12.8 Å². The van der Waals surface area contributed by atoms with Gasteiger partial charge in [-0.1, -0.05) is 36.4 Å². The Morgan fingerprint density at radius 2 is 1.92 bits per heavy atom. The third kappa shape index (κ3) is 3.96. The summed E-state index contributed by atoms with van der Waals surface area (Å²) in [6.45, 7) is 0.957. The van der Waals surface area contributed by atoms with Gasteiger partial charge in [0, 0.05) is 13.1 Å². The van der Waals surface area contributed by atoms with Crippen molar-refractivity contribution < 1.29 is 14.3 Å². The Labute approximate surface area is 152 Å². The van der Waals surface area contributed by atoms with E-state index in [1.807, 2.05) is 48.5 Å². The van der Waals surface area contributed by atoms with Crippen LogP contribution in [0.3, 0.4) is 0 Å². The molecule has 0 unspecified atom stereocenters. The number of nitrogens with two attached hydrogens (primary N) is 1. The van der Waals surface area contributed by atoms with Crippen LogP contribution in [0, 0.1) is 5.92 Å². The highest BCUT2D eigenvalue weighted by Gasteiger charge is 2.27. The molecule has 26 heavy (non-hydrogen) atoms. The minimum atomic E-state index is -0.355.